The van der Waals surface area contributed by atoms with E-state index in [2.05, 4.69) is 10.3 Å². The molecule has 2 aromatic rings. The summed E-state index contributed by atoms with van der Waals surface area (Å²) >= 11 is 0. The molecule has 2 heterocycles. The molecule has 2 aliphatic rings. The summed E-state index contributed by atoms with van der Waals surface area (Å²) in [5.41, 5.74) is 1.21. The number of methoxy groups -OCH3 is 2. The fourth-order valence-electron chi connectivity index (χ4n) is 5.20. The Balaban J connectivity index is 1.64. The van der Waals surface area contributed by atoms with Crippen LogP contribution in [0.3, 0.4) is 0 Å². The number of nitrogens with one attached hydrogen (secondary N) is 1. The van der Waals surface area contributed by atoms with Crippen molar-refractivity contribution in [2.45, 2.75) is 77.1 Å². The van der Waals surface area contributed by atoms with Gasteiger partial charge in [0.2, 0.25) is 10.0 Å². The third-order valence-corrected chi connectivity index (χ3v) is 8.02. The first-order valence-corrected chi connectivity index (χ1v) is 14.5. The van der Waals surface area contributed by atoms with E-state index in [0.29, 0.717) is 55.8 Å². The molecular weight excluding hydrogens is 512 g/mol. The van der Waals surface area contributed by atoms with Gasteiger partial charge in [-0.3, -0.25) is 8.87 Å². The molecule has 0 spiro atoms. The van der Waals surface area contributed by atoms with Crippen LogP contribution in [0.15, 0.2) is 23.0 Å². The molecule has 12 heteroatoms. The van der Waals surface area contributed by atoms with Gasteiger partial charge in [0, 0.05) is 30.3 Å². The molecule has 0 atom stereocenters. The molecule has 208 valence electrons. The maximum atomic E-state index is 13.1. The van der Waals surface area contributed by atoms with E-state index in [4.69, 9.17) is 14.2 Å². The minimum absolute atomic E-state index is 0.0925. The number of fused-ring (bicyclic) bond motifs is 3. The monoisotopic (exact) mass is 548 g/mol. The van der Waals surface area contributed by atoms with Gasteiger partial charge in [-0.2, -0.15) is 4.98 Å². The van der Waals surface area contributed by atoms with Crippen molar-refractivity contribution in [3.8, 4) is 22.8 Å². The lowest BCUT2D eigenvalue weighted by Gasteiger charge is -2.36. The Morgan fingerprint density at radius 1 is 1.08 bits per heavy atom. The Bertz CT molecular complexity index is 1370. The Morgan fingerprint density at radius 2 is 1.71 bits per heavy atom. The molecule has 1 aliphatic carbocycles. The van der Waals surface area contributed by atoms with Crippen molar-refractivity contribution in [3.63, 3.8) is 0 Å². The third-order valence-electron chi connectivity index (χ3n) is 6.82. The highest BCUT2D eigenvalue weighted by molar-refractivity contribution is 7.92. The van der Waals surface area contributed by atoms with Crippen molar-refractivity contribution in [3.05, 3.63) is 34.2 Å². The summed E-state index contributed by atoms with van der Waals surface area (Å²) in [7, 11) is -0.656. The molecule has 1 fully saturated rings. The van der Waals surface area contributed by atoms with Crippen LogP contribution < -0.4 is 24.8 Å². The number of sulfonamides is 1. The van der Waals surface area contributed by atoms with E-state index >= 15 is 0 Å². The van der Waals surface area contributed by atoms with E-state index in [0.717, 1.165) is 17.4 Å². The van der Waals surface area contributed by atoms with E-state index in [1.807, 2.05) is 6.07 Å². The number of nitrogens with zero attached hydrogens (tertiary/aromatic N) is 3. The normalized spacial score (nSPS) is 19.1. The third kappa shape index (κ3) is 5.90. The van der Waals surface area contributed by atoms with Gasteiger partial charge in [0.1, 0.15) is 11.4 Å². The van der Waals surface area contributed by atoms with Crippen molar-refractivity contribution < 1.29 is 27.4 Å². The summed E-state index contributed by atoms with van der Waals surface area (Å²) in [5, 5.41) is 2.87. The van der Waals surface area contributed by atoms with Crippen molar-refractivity contribution >= 4 is 21.9 Å². The van der Waals surface area contributed by atoms with E-state index in [-0.39, 0.29) is 11.9 Å². The number of aryl methyl sites for hydroxylation is 1. The summed E-state index contributed by atoms with van der Waals surface area (Å²) in [5.74, 6) is 1.20. The molecule has 1 aromatic heterocycles. The summed E-state index contributed by atoms with van der Waals surface area (Å²) in [6.07, 6.45) is 3.37. The van der Waals surface area contributed by atoms with Gasteiger partial charge in [-0.25, -0.2) is 18.0 Å². The minimum Gasteiger partial charge on any atom is -0.493 e. The van der Waals surface area contributed by atoms with Crippen LogP contribution in [0.4, 0.5) is 10.6 Å². The van der Waals surface area contributed by atoms with Crippen molar-refractivity contribution in [2.75, 3.05) is 24.8 Å². The van der Waals surface area contributed by atoms with E-state index in [1.54, 1.807) is 44.6 Å². The zero-order valence-electron chi connectivity index (χ0n) is 22.7. The smallest absolute Gasteiger partial charge is 0.407 e. The van der Waals surface area contributed by atoms with Gasteiger partial charge in [0.15, 0.2) is 11.5 Å². The largest absolute Gasteiger partial charge is 0.493 e. The maximum absolute atomic E-state index is 13.1. The summed E-state index contributed by atoms with van der Waals surface area (Å²) in [4.78, 5) is 29.5. The van der Waals surface area contributed by atoms with Gasteiger partial charge in [0.05, 0.1) is 26.2 Å². The fraction of sp³-hybridized carbons (Fsp3) is 0.577. The topological polar surface area (TPSA) is 129 Å². The number of hydrogen-bond donors (Lipinski definition) is 1. The molecular formula is C26H36N4O7S. The minimum atomic E-state index is -3.76. The Morgan fingerprint density at radius 3 is 2.29 bits per heavy atom. The van der Waals surface area contributed by atoms with E-state index in [1.165, 1.54) is 11.4 Å². The quantitative estimate of drug-likeness (QED) is 0.583. The molecule has 38 heavy (non-hydrogen) atoms. The number of aromatic nitrogens is 2. The van der Waals surface area contributed by atoms with Crippen LogP contribution in [-0.4, -0.2) is 62.2 Å². The average Bonchev–Trinajstić information content (AvgIpc) is 2.82. The number of amides is 1. The molecule has 1 amide bonds. The molecule has 0 unspecified atom stereocenters. The molecule has 11 nitrogen and oxygen atoms in total. The SMILES string of the molecule is COc1cc2c(cc1OC)-c1cc(N(C3CCC(NC(=O)OC(C)(C)C)CC3)S(C)(=O)=O)nc(=O)n1CC2. The molecule has 0 saturated heterocycles. The lowest BCUT2D eigenvalue weighted by molar-refractivity contribution is 0.0491. The predicted octanol–water partition coefficient (Wildman–Crippen LogP) is 3.09. The standard InChI is InChI=1S/C26H36N4O7S/c1-26(2,3)37-25(32)27-17-7-9-18(10-8-17)30(38(6,33)34)23-15-20-19-14-22(36-5)21(35-4)13-16(19)11-12-29(20)24(31)28-23/h13-15,17-18H,7-12H2,1-6H3,(H,27,32). The van der Waals surface area contributed by atoms with E-state index in [9.17, 15) is 18.0 Å². The zero-order chi connectivity index (χ0) is 27.8. The number of ether oxygens (including phenoxy) is 3. The first-order valence-electron chi connectivity index (χ1n) is 12.7. The Kier molecular flexibility index (Phi) is 7.64. The summed E-state index contributed by atoms with van der Waals surface area (Å²) < 4.78 is 45.1. The first-order chi connectivity index (χ1) is 17.8. The first kappa shape index (κ1) is 27.7. The van der Waals surface area contributed by atoms with Gasteiger partial charge < -0.3 is 19.5 Å². The second kappa shape index (κ2) is 10.5. The lowest BCUT2D eigenvalue weighted by Crippen LogP contribution is -2.47. The summed E-state index contributed by atoms with van der Waals surface area (Å²) in [6.45, 7) is 5.82. The average molecular weight is 549 g/mol. The molecule has 0 bridgehead atoms. The van der Waals surface area contributed by atoms with E-state index < -0.39 is 33.4 Å². The van der Waals surface area contributed by atoms with Crippen LogP contribution in [0.25, 0.3) is 11.3 Å². The number of alkyl carbamates (subject to hydrolysis) is 1. The molecule has 1 saturated carbocycles. The second-order valence-corrected chi connectivity index (χ2v) is 12.6. The molecule has 1 aliphatic heterocycles. The highest BCUT2D eigenvalue weighted by atomic mass is 32.2. The van der Waals surface area contributed by atoms with Crippen molar-refractivity contribution in [2.24, 2.45) is 0 Å². The van der Waals surface area contributed by atoms with Gasteiger partial charge in [-0.05, 0) is 70.6 Å². The molecule has 1 N–H and O–H groups in total. The number of rotatable bonds is 6. The van der Waals surface area contributed by atoms with Gasteiger partial charge in [-0.1, -0.05) is 0 Å². The van der Waals surface area contributed by atoms with Crippen LogP contribution in [-0.2, 0) is 27.7 Å². The molecule has 0 radical (unpaired) electrons. The second-order valence-electron chi connectivity index (χ2n) is 10.8. The highest BCUT2D eigenvalue weighted by Gasteiger charge is 2.34. The number of hydrogen-bond acceptors (Lipinski definition) is 8. The highest BCUT2D eigenvalue weighted by Crippen LogP contribution is 2.39. The summed E-state index contributed by atoms with van der Waals surface area (Å²) in [6, 6.07) is 4.83. The molecule has 4 rings (SSSR count). The van der Waals surface area contributed by atoms with Gasteiger partial charge in [-0.15, -0.1) is 0 Å². The number of anilines is 1. The van der Waals surface area contributed by atoms with Crippen LogP contribution >= 0.6 is 0 Å². The number of benzene rings is 1. The Labute approximate surface area is 223 Å². The fourth-order valence-corrected chi connectivity index (χ4v) is 6.39. The predicted molar refractivity (Wildman–Crippen MR) is 143 cm³/mol. The van der Waals surface area contributed by atoms with Crippen LogP contribution in [0.5, 0.6) is 11.5 Å². The number of carbonyl (C=O) groups is 1. The molecule has 1 aromatic carbocycles. The van der Waals surface area contributed by atoms with Crippen LogP contribution in [0, 0.1) is 0 Å². The van der Waals surface area contributed by atoms with Crippen molar-refractivity contribution in [1.82, 2.24) is 14.9 Å². The Hall–Kier alpha value is -3.28. The van der Waals surface area contributed by atoms with Crippen LogP contribution in [0.1, 0.15) is 52.0 Å². The lowest BCUT2D eigenvalue weighted by atomic mass is 9.91. The maximum Gasteiger partial charge on any atom is 0.407 e. The number of carbonyl (C=O) groups excluding carboxylic acids is 1. The van der Waals surface area contributed by atoms with Gasteiger partial charge >= 0.3 is 11.8 Å². The van der Waals surface area contributed by atoms with Crippen LogP contribution in [0.2, 0.25) is 0 Å². The van der Waals surface area contributed by atoms with Crippen molar-refractivity contribution in [1.29, 1.82) is 0 Å². The van der Waals surface area contributed by atoms with Gasteiger partial charge in [0.25, 0.3) is 0 Å². The zero-order valence-corrected chi connectivity index (χ0v) is 23.6.